The van der Waals surface area contributed by atoms with E-state index in [9.17, 15) is 13.8 Å². The molecule has 3 aromatic rings. The van der Waals surface area contributed by atoms with Crippen LogP contribution in [-0.4, -0.2) is 5.78 Å². The molecular formula is C22H19FO2P+. The topological polar surface area (TPSA) is 34.1 Å². The fourth-order valence-electron chi connectivity index (χ4n) is 3.24. The summed E-state index contributed by atoms with van der Waals surface area (Å²) >= 11 is 0. The van der Waals surface area contributed by atoms with Crippen molar-refractivity contribution in [1.29, 1.82) is 0 Å². The molecule has 2 nitrogen and oxygen atoms in total. The van der Waals surface area contributed by atoms with Crippen LogP contribution in [-0.2, 0) is 4.57 Å². The molecule has 0 N–H and O–H groups in total. The highest BCUT2D eigenvalue weighted by Gasteiger charge is 2.31. The van der Waals surface area contributed by atoms with Crippen molar-refractivity contribution in [3.8, 4) is 0 Å². The number of carbonyl (C=O) groups excluding carboxylic acids is 1. The molecule has 0 aliphatic carbocycles. The normalized spacial score (nSPS) is 11.3. The lowest BCUT2D eigenvalue weighted by atomic mass is 9.93. The molecule has 0 bridgehead atoms. The molecule has 4 heteroatoms. The van der Waals surface area contributed by atoms with Crippen molar-refractivity contribution in [3.63, 3.8) is 0 Å². The Morgan fingerprint density at radius 1 is 0.885 bits per heavy atom. The molecule has 1 atom stereocenters. The zero-order valence-electron chi connectivity index (χ0n) is 14.9. The molecule has 0 amide bonds. The van der Waals surface area contributed by atoms with Gasteiger partial charge in [0.05, 0.1) is 5.56 Å². The summed E-state index contributed by atoms with van der Waals surface area (Å²) in [7, 11) is -1.99. The van der Waals surface area contributed by atoms with Gasteiger partial charge in [0, 0.05) is 5.56 Å². The fourth-order valence-corrected chi connectivity index (χ4v) is 4.56. The van der Waals surface area contributed by atoms with Crippen LogP contribution >= 0.6 is 7.80 Å². The van der Waals surface area contributed by atoms with E-state index < -0.39 is 13.6 Å². The van der Waals surface area contributed by atoms with Gasteiger partial charge in [-0.2, -0.15) is 0 Å². The van der Waals surface area contributed by atoms with Crippen molar-refractivity contribution in [1.82, 2.24) is 0 Å². The monoisotopic (exact) mass is 365 g/mol. The maximum Gasteiger partial charge on any atom is 0.416 e. The van der Waals surface area contributed by atoms with Gasteiger partial charge < -0.3 is 0 Å². The molecule has 0 aliphatic rings. The largest absolute Gasteiger partial charge is 0.416 e. The van der Waals surface area contributed by atoms with Gasteiger partial charge in [-0.15, -0.1) is 0 Å². The SMILES string of the molecule is Cc1cc(C)c(C(=O)c2cc(F)ccc2[P+](=O)c2ccccc2)c(C)c1. The number of hydrogen-bond donors (Lipinski definition) is 0. The lowest BCUT2D eigenvalue weighted by Crippen LogP contribution is -2.19. The number of aryl methyl sites for hydroxylation is 3. The zero-order chi connectivity index (χ0) is 18.8. The molecule has 3 aromatic carbocycles. The number of hydrogen-bond acceptors (Lipinski definition) is 2. The van der Waals surface area contributed by atoms with Crippen LogP contribution in [0.1, 0.15) is 32.6 Å². The van der Waals surface area contributed by atoms with Gasteiger partial charge in [-0.1, -0.05) is 40.5 Å². The molecule has 0 aromatic heterocycles. The number of benzene rings is 3. The van der Waals surface area contributed by atoms with Crippen LogP contribution in [0.3, 0.4) is 0 Å². The third-order valence-electron chi connectivity index (χ3n) is 4.32. The molecule has 3 rings (SSSR count). The highest BCUT2D eigenvalue weighted by Crippen LogP contribution is 2.26. The molecule has 26 heavy (non-hydrogen) atoms. The van der Waals surface area contributed by atoms with E-state index in [1.807, 2.05) is 39.0 Å². The Morgan fingerprint density at radius 2 is 1.50 bits per heavy atom. The molecule has 0 aliphatic heterocycles. The summed E-state index contributed by atoms with van der Waals surface area (Å²) in [6.07, 6.45) is 0. The quantitative estimate of drug-likeness (QED) is 0.493. The summed E-state index contributed by atoms with van der Waals surface area (Å²) in [5.74, 6) is -0.815. The molecular weight excluding hydrogens is 346 g/mol. The van der Waals surface area contributed by atoms with Gasteiger partial charge in [0.25, 0.3) is 0 Å². The Hall–Kier alpha value is -2.64. The van der Waals surface area contributed by atoms with Crippen LogP contribution in [0.25, 0.3) is 0 Å². The smallest absolute Gasteiger partial charge is 0.288 e. The first-order valence-electron chi connectivity index (χ1n) is 8.33. The minimum absolute atomic E-state index is 0.157. The summed E-state index contributed by atoms with van der Waals surface area (Å²) in [6, 6.07) is 16.7. The Kier molecular flexibility index (Phi) is 5.11. The molecule has 1 unspecified atom stereocenters. The van der Waals surface area contributed by atoms with Crippen LogP contribution in [0.5, 0.6) is 0 Å². The standard InChI is InChI=1S/C22H19FO2P/c1-14-11-15(2)21(16(3)12-14)22(24)19-13-17(23)9-10-20(19)26(25)18-7-5-4-6-8-18/h4-13H,1-3H3/q+1. The Morgan fingerprint density at radius 3 is 2.12 bits per heavy atom. The van der Waals surface area contributed by atoms with Crippen LogP contribution < -0.4 is 10.6 Å². The van der Waals surface area contributed by atoms with Gasteiger partial charge in [-0.3, -0.25) is 4.79 Å². The highest BCUT2D eigenvalue weighted by molar-refractivity contribution is 7.61. The van der Waals surface area contributed by atoms with E-state index in [-0.39, 0.29) is 11.3 Å². The number of ketones is 1. The second-order valence-electron chi connectivity index (χ2n) is 6.39. The van der Waals surface area contributed by atoms with Gasteiger partial charge in [0.15, 0.2) is 11.1 Å². The predicted octanol–water partition coefficient (Wildman–Crippen LogP) is 4.76. The van der Waals surface area contributed by atoms with E-state index in [0.29, 0.717) is 16.2 Å². The third-order valence-corrected chi connectivity index (χ3v) is 5.91. The molecule has 130 valence electrons. The number of rotatable bonds is 4. The Bertz CT molecular complexity index is 987. The summed E-state index contributed by atoms with van der Waals surface area (Å²) in [6.45, 7) is 5.70. The van der Waals surface area contributed by atoms with Gasteiger partial charge in [-0.25, -0.2) is 4.39 Å². The summed E-state index contributed by atoms with van der Waals surface area (Å²) in [4.78, 5) is 13.2. The maximum absolute atomic E-state index is 13.9. The maximum atomic E-state index is 13.9. The van der Waals surface area contributed by atoms with E-state index in [1.54, 1.807) is 24.3 Å². The van der Waals surface area contributed by atoms with Crippen molar-refractivity contribution in [3.05, 3.63) is 94.3 Å². The first-order valence-corrected chi connectivity index (χ1v) is 9.59. The minimum atomic E-state index is -1.99. The van der Waals surface area contributed by atoms with E-state index in [2.05, 4.69) is 0 Å². The fraction of sp³-hybridized carbons (Fsp3) is 0.136. The van der Waals surface area contributed by atoms with Crippen molar-refractivity contribution < 1.29 is 13.8 Å². The first-order chi connectivity index (χ1) is 12.4. The summed E-state index contributed by atoms with van der Waals surface area (Å²) < 4.78 is 26.9. The van der Waals surface area contributed by atoms with Crippen LogP contribution in [0.4, 0.5) is 4.39 Å². The van der Waals surface area contributed by atoms with Crippen molar-refractivity contribution in [2.45, 2.75) is 20.8 Å². The third kappa shape index (κ3) is 3.49. The number of halogens is 1. The highest BCUT2D eigenvalue weighted by atomic mass is 31.1. The molecule has 0 spiro atoms. The molecule has 0 saturated carbocycles. The van der Waals surface area contributed by atoms with Gasteiger partial charge in [0.1, 0.15) is 5.82 Å². The van der Waals surface area contributed by atoms with E-state index in [0.717, 1.165) is 16.7 Å². The van der Waals surface area contributed by atoms with Gasteiger partial charge in [0.2, 0.25) is 5.30 Å². The lowest BCUT2D eigenvalue weighted by molar-refractivity contribution is 0.103. The molecule has 0 radical (unpaired) electrons. The number of carbonyl (C=O) groups is 1. The molecule has 0 heterocycles. The van der Waals surface area contributed by atoms with Crippen LogP contribution in [0.2, 0.25) is 0 Å². The van der Waals surface area contributed by atoms with E-state index in [1.165, 1.54) is 18.2 Å². The summed E-state index contributed by atoms with van der Waals surface area (Å²) in [5.41, 5.74) is 3.42. The average Bonchev–Trinajstić information content (AvgIpc) is 2.61. The molecule has 0 saturated heterocycles. The van der Waals surface area contributed by atoms with E-state index >= 15 is 0 Å². The predicted molar refractivity (Wildman–Crippen MR) is 104 cm³/mol. The minimum Gasteiger partial charge on any atom is -0.288 e. The Labute approximate surface area is 153 Å². The van der Waals surface area contributed by atoms with E-state index in [4.69, 9.17) is 0 Å². The first kappa shape index (κ1) is 18.2. The zero-order valence-corrected chi connectivity index (χ0v) is 15.8. The Balaban J connectivity index is 2.15. The van der Waals surface area contributed by atoms with Crippen molar-refractivity contribution >= 4 is 24.2 Å². The van der Waals surface area contributed by atoms with Gasteiger partial charge in [-0.05, 0) is 62.2 Å². The second kappa shape index (κ2) is 7.31. The molecule has 0 fully saturated rings. The van der Waals surface area contributed by atoms with Crippen molar-refractivity contribution in [2.75, 3.05) is 0 Å². The van der Waals surface area contributed by atoms with Crippen molar-refractivity contribution in [2.24, 2.45) is 0 Å². The average molecular weight is 365 g/mol. The summed E-state index contributed by atoms with van der Waals surface area (Å²) in [5, 5.41) is 0.970. The van der Waals surface area contributed by atoms with Crippen LogP contribution in [0, 0.1) is 26.6 Å². The van der Waals surface area contributed by atoms with Gasteiger partial charge >= 0.3 is 7.80 Å². The second-order valence-corrected chi connectivity index (χ2v) is 7.98. The van der Waals surface area contributed by atoms with Crippen LogP contribution in [0.15, 0.2) is 60.7 Å². The lowest BCUT2D eigenvalue weighted by Gasteiger charge is -2.11.